The van der Waals surface area contributed by atoms with Crippen molar-refractivity contribution in [2.24, 2.45) is 0 Å². The number of amides is 6. The summed E-state index contributed by atoms with van der Waals surface area (Å²) in [5.74, 6) is -2.73. The number of carbonyl (C=O) groups is 6. The van der Waals surface area contributed by atoms with Gasteiger partial charge in [-0.25, -0.2) is 19.9 Å². The van der Waals surface area contributed by atoms with Crippen LogP contribution >= 0.6 is 22.7 Å². The summed E-state index contributed by atoms with van der Waals surface area (Å²) in [6.07, 6.45) is 6.16. The summed E-state index contributed by atoms with van der Waals surface area (Å²) in [5.41, 5.74) is 0.135. The van der Waals surface area contributed by atoms with Gasteiger partial charge in [-0.15, -0.1) is 22.7 Å². The van der Waals surface area contributed by atoms with Gasteiger partial charge in [0.25, 0.3) is 23.6 Å². The topological polar surface area (TPSA) is 252 Å². The predicted octanol–water partition coefficient (Wildman–Crippen LogP) is 2.93. The van der Waals surface area contributed by atoms with Gasteiger partial charge in [0.05, 0.1) is 24.5 Å². The fourth-order valence-corrected chi connectivity index (χ4v) is 8.06. The van der Waals surface area contributed by atoms with Crippen LogP contribution in [-0.2, 0) is 9.59 Å². The molecule has 6 amide bonds. The van der Waals surface area contributed by atoms with E-state index in [0.717, 1.165) is 22.7 Å². The molecule has 4 aromatic heterocycles. The summed E-state index contributed by atoms with van der Waals surface area (Å²) >= 11 is 2.28. The molecule has 3 aliphatic heterocycles. The van der Waals surface area contributed by atoms with Gasteiger partial charge in [0.2, 0.25) is 35.1 Å². The largest absolute Gasteiger partial charge is 0.433 e. The second kappa shape index (κ2) is 16.7. The van der Waals surface area contributed by atoms with Gasteiger partial charge in [0, 0.05) is 36.7 Å². The zero-order valence-corrected chi connectivity index (χ0v) is 30.6. The van der Waals surface area contributed by atoms with Crippen LogP contribution < -0.4 is 31.9 Å². The number of aromatic nitrogens is 4. The number of oxazole rings is 2. The Labute approximate surface area is 316 Å². The maximum Gasteiger partial charge on any atom is 0.289 e. The Bertz CT molecular complexity index is 1900. The van der Waals surface area contributed by atoms with Crippen molar-refractivity contribution in [3.8, 4) is 0 Å². The van der Waals surface area contributed by atoms with Crippen LogP contribution in [0.25, 0.3) is 0 Å². The lowest BCUT2D eigenvalue weighted by Crippen LogP contribution is -2.31. The highest BCUT2D eigenvalue weighted by molar-refractivity contribution is 7.10. The monoisotopic (exact) mass is 778 g/mol. The number of hydrogen-bond acceptors (Lipinski definition) is 14. The lowest BCUT2D eigenvalue weighted by molar-refractivity contribution is -0.122. The zero-order valence-electron chi connectivity index (χ0n) is 29.0. The summed E-state index contributed by atoms with van der Waals surface area (Å²) < 4.78 is 11.8. The average Bonchev–Trinajstić information content (AvgIpc) is 3.99. The maximum atomic E-state index is 13.6. The summed E-state index contributed by atoms with van der Waals surface area (Å²) in [5, 5.41) is 21.2. The lowest BCUT2D eigenvalue weighted by atomic mass is 10.1. The molecule has 4 aromatic rings. The van der Waals surface area contributed by atoms with Crippen molar-refractivity contribution < 1.29 is 37.6 Å². The molecule has 0 unspecified atom stereocenters. The van der Waals surface area contributed by atoms with Crippen LogP contribution in [0.3, 0.4) is 0 Å². The minimum Gasteiger partial charge on any atom is -0.433 e. The third-order valence-corrected chi connectivity index (χ3v) is 11.1. The number of nitrogens with one attached hydrogen (secondary N) is 6. The minimum absolute atomic E-state index is 0.0675. The first-order valence-corrected chi connectivity index (χ1v) is 19.5. The molecule has 0 fully saturated rings. The smallest absolute Gasteiger partial charge is 0.289 e. The predicted molar refractivity (Wildman–Crippen MR) is 190 cm³/mol. The van der Waals surface area contributed by atoms with Crippen molar-refractivity contribution in [2.75, 3.05) is 13.1 Å². The zero-order chi connectivity index (χ0) is 37.6. The molecule has 20 heteroatoms. The summed E-state index contributed by atoms with van der Waals surface area (Å²) in [4.78, 5) is 97.7. The van der Waals surface area contributed by atoms with E-state index in [-0.39, 0.29) is 72.2 Å². The normalized spacial score (nSPS) is 23.8. The second-order valence-electron chi connectivity index (χ2n) is 13.1. The SMILES string of the molecule is O=C1CC[C@@H]2NC(=O)c3cnc(o3)[C@H](CCCCN1)NC(=O)c1csc(n1)[C@@H]1CCC(=O)NCCCC[C@H](NC(=O)c3csc2n3)c2ncc(o2)C(=O)N1. The van der Waals surface area contributed by atoms with Gasteiger partial charge in [0.1, 0.15) is 33.5 Å². The molecule has 7 rings (SSSR count). The number of rotatable bonds is 0. The van der Waals surface area contributed by atoms with Crippen LogP contribution in [0, 0.1) is 0 Å². The van der Waals surface area contributed by atoms with Crippen LogP contribution in [0.1, 0.15) is 152 Å². The molecular weight excluding hydrogens is 741 g/mol. The first kappa shape index (κ1) is 36.8. The van der Waals surface area contributed by atoms with E-state index in [1.165, 1.54) is 12.4 Å². The van der Waals surface area contributed by atoms with Gasteiger partial charge >= 0.3 is 0 Å². The molecule has 0 aromatic carbocycles. The number of nitrogens with zero attached hydrogens (tertiary/aromatic N) is 4. The van der Waals surface area contributed by atoms with E-state index < -0.39 is 47.8 Å². The highest BCUT2D eigenvalue weighted by atomic mass is 32.1. The Balaban J connectivity index is 1.28. The van der Waals surface area contributed by atoms with Crippen LogP contribution in [-0.4, -0.2) is 68.5 Å². The van der Waals surface area contributed by atoms with Crippen molar-refractivity contribution in [1.82, 2.24) is 51.8 Å². The Morgan fingerprint density at radius 1 is 0.537 bits per heavy atom. The highest BCUT2D eigenvalue weighted by Gasteiger charge is 2.30. The van der Waals surface area contributed by atoms with E-state index in [1.807, 2.05) is 0 Å². The van der Waals surface area contributed by atoms with E-state index in [4.69, 9.17) is 8.83 Å². The van der Waals surface area contributed by atoms with E-state index in [2.05, 4.69) is 51.8 Å². The van der Waals surface area contributed by atoms with Crippen LogP contribution in [0.2, 0.25) is 0 Å². The number of hydrogen-bond donors (Lipinski definition) is 6. The molecule has 6 N–H and O–H groups in total. The van der Waals surface area contributed by atoms with Crippen molar-refractivity contribution in [3.63, 3.8) is 0 Å². The summed E-state index contributed by atoms with van der Waals surface area (Å²) in [6, 6.07) is -3.03. The van der Waals surface area contributed by atoms with Gasteiger partial charge in [-0.1, -0.05) is 0 Å². The van der Waals surface area contributed by atoms with Crippen LogP contribution in [0.4, 0.5) is 0 Å². The van der Waals surface area contributed by atoms with Crippen molar-refractivity contribution in [2.45, 2.75) is 88.4 Å². The summed E-state index contributed by atoms with van der Waals surface area (Å²) in [7, 11) is 0. The molecule has 0 radical (unpaired) electrons. The number of fused-ring (bicyclic) bond motifs is 10. The van der Waals surface area contributed by atoms with Gasteiger partial charge in [0.15, 0.2) is 0 Å². The Morgan fingerprint density at radius 3 is 1.41 bits per heavy atom. The lowest BCUT2D eigenvalue weighted by Gasteiger charge is -2.16. The molecule has 3 aliphatic rings. The maximum absolute atomic E-state index is 13.6. The van der Waals surface area contributed by atoms with Crippen molar-refractivity contribution in [1.29, 1.82) is 0 Å². The molecule has 0 saturated heterocycles. The average molecular weight is 779 g/mol. The van der Waals surface area contributed by atoms with Gasteiger partial charge < -0.3 is 40.7 Å². The minimum atomic E-state index is -0.765. The molecule has 0 aliphatic carbocycles. The van der Waals surface area contributed by atoms with Crippen molar-refractivity contribution in [3.05, 3.63) is 67.9 Å². The highest BCUT2D eigenvalue weighted by Crippen LogP contribution is 2.28. The standard InChI is InChI=1S/C34H38N10O8S2/c45-25-9-7-19-34-44-22(16-54-34)28(48)40-18-6-2-4-12-36-26(46)10-8-20(42-30(50)24-14-38-32(18)52-24)33-43-21(15-53-33)27(47)39-17(5-1-3-11-35-25)31-37-13-23(51-31)29(49)41-19/h13-20H,1-12H2,(H,35,45)(H,36,46)(H,39,47)(H,40,48)(H,41,49)(H,42,50)/t17-,18-,19-,20-/m0/s1. The van der Waals surface area contributed by atoms with Crippen LogP contribution in [0.5, 0.6) is 0 Å². The first-order valence-electron chi connectivity index (χ1n) is 17.8. The van der Waals surface area contributed by atoms with E-state index in [9.17, 15) is 28.8 Å². The van der Waals surface area contributed by atoms with Crippen LogP contribution in [0.15, 0.2) is 32.0 Å². The molecule has 54 heavy (non-hydrogen) atoms. The molecule has 12 bridgehead atoms. The molecule has 7 heterocycles. The Kier molecular flexibility index (Phi) is 11.4. The molecule has 18 nitrogen and oxygen atoms in total. The third-order valence-electron chi connectivity index (χ3n) is 9.22. The molecule has 284 valence electrons. The molecule has 0 saturated carbocycles. The quantitative estimate of drug-likeness (QED) is 0.151. The first-order chi connectivity index (χ1) is 26.2. The molecule has 0 spiro atoms. The molecular formula is C34H38N10O8S2. The van der Waals surface area contributed by atoms with E-state index in [1.54, 1.807) is 10.8 Å². The third kappa shape index (κ3) is 8.82. The van der Waals surface area contributed by atoms with Crippen molar-refractivity contribution >= 4 is 58.1 Å². The van der Waals surface area contributed by atoms with Gasteiger partial charge in [-0.2, -0.15) is 0 Å². The van der Waals surface area contributed by atoms with Gasteiger partial charge in [-0.3, -0.25) is 28.8 Å². The summed E-state index contributed by atoms with van der Waals surface area (Å²) in [6.45, 7) is 0.783. The van der Waals surface area contributed by atoms with E-state index in [0.29, 0.717) is 61.6 Å². The number of thiazole rings is 2. The second-order valence-corrected chi connectivity index (χ2v) is 14.9. The fourth-order valence-electron chi connectivity index (χ4n) is 6.29. The fraction of sp³-hybridized carbons (Fsp3) is 0.471. The molecule has 4 atom stereocenters. The van der Waals surface area contributed by atoms with E-state index >= 15 is 0 Å². The number of carbonyl (C=O) groups excluding carboxylic acids is 6. The Hall–Kier alpha value is -5.50. The van der Waals surface area contributed by atoms with Gasteiger partial charge in [-0.05, 0) is 51.4 Å². The Morgan fingerprint density at radius 2 is 0.963 bits per heavy atom.